The van der Waals surface area contributed by atoms with Crippen LogP contribution >= 0.6 is 0 Å². The van der Waals surface area contributed by atoms with E-state index in [1.165, 1.54) is 26.4 Å². The summed E-state index contributed by atoms with van der Waals surface area (Å²) in [7, 11) is 2.12. The second-order valence-corrected chi connectivity index (χ2v) is 13.0. The van der Waals surface area contributed by atoms with Crippen LogP contribution < -0.4 is 14.7 Å². The van der Waals surface area contributed by atoms with Gasteiger partial charge >= 0.3 is 260 Å². The Balaban J connectivity index is 1.46. The SMILES string of the molecule is CN1C=CN2[C]1=[Pt]=[C]1OC=CN1c1cccc(c1)N(c1c(-c3ccccc3)cccc1-c1ccccc1)c1cccc2c1. The predicted octanol–water partition coefficient (Wildman–Crippen LogP) is 8.29. The van der Waals surface area contributed by atoms with Crippen molar-refractivity contribution in [2.45, 2.75) is 0 Å². The molecule has 43 heavy (non-hydrogen) atoms. The summed E-state index contributed by atoms with van der Waals surface area (Å²) in [6, 6.07) is 45.7. The van der Waals surface area contributed by atoms with E-state index in [2.05, 4.69) is 166 Å². The predicted molar refractivity (Wildman–Crippen MR) is 174 cm³/mol. The van der Waals surface area contributed by atoms with E-state index in [1.54, 1.807) is 6.26 Å². The maximum atomic E-state index is 6.13. The first-order valence-corrected chi connectivity index (χ1v) is 16.4. The number of anilines is 5. The molecular formula is C37H28N4OPt. The number of para-hydroxylation sites is 1. The van der Waals surface area contributed by atoms with Gasteiger partial charge in [-0.2, -0.15) is 0 Å². The van der Waals surface area contributed by atoms with Crippen molar-refractivity contribution in [3.05, 3.63) is 152 Å². The third-order valence-corrected chi connectivity index (χ3v) is 10.9. The molecule has 0 spiro atoms. The number of fused-ring (bicyclic) bond motifs is 8. The van der Waals surface area contributed by atoms with E-state index >= 15 is 0 Å². The molecule has 0 atom stereocenters. The molecule has 0 N–H and O–H groups in total. The molecule has 5 aromatic rings. The molecule has 0 aromatic heterocycles. The molecule has 0 saturated heterocycles. The van der Waals surface area contributed by atoms with Gasteiger partial charge in [-0.25, -0.2) is 0 Å². The van der Waals surface area contributed by atoms with E-state index in [4.69, 9.17) is 4.74 Å². The third kappa shape index (κ3) is 4.53. The zero-order valence-electron chi connectivity index (χ0n) is 23.4. The Morgan fingerprint density at radius 3 is 1.72 bits per heavy atom. The molecule has 0 aliphatic carbocycles. The monoisotopic (exact) mass is 739 g/mol. The van der Waals surface area contributed by atoms with E-state index in [0.717, 1.165) is 32.6 Å². The van der Waals surface area contributed by atoms with Gasteiger partial charge in [0.15, 0.2) is 0 Å². The van der Waals surface area contributed by atoms with Crippen molar-refractivity contribution >= 4 is 36.8 Å². The number of benzene rings is 5. The minimum absolute atomic E-state index is 0.635. The summed E-state index contributed by atoms with van der Waals surface area (Å²) in [5.74, 6) is 0. The van der Waals surface area contributed by atoms with Crippen molar-refractivity contribution in [3.8, 4) is 22.3 Å². The summed E-state index contributed by atoms with van der Waals surface area (Å²) in [5, 5.41) is 0. The molecule has 0 saturated carbocycles. The molecule has 0 radical (unpaired) electrons. The molecule has 0 fully saturated rings. The average Bonchev–Trinajstić information content (AvgIpc) is 3.68. The van der Waals surface area contributed by atoms with Crippen molar-refractivity contribution in [2.75, 3.05) is 21.7 Å². The van der Waals surface area contributed by atoms with Crippen molar-refractivity contribution in [2.24, 2.45) is 0 Å². The van der Waals surface area contributed by atoms with Crippen LogP contribution in [0.3, 0.4) is 0 Å². The van der Waals surface area contributed by atoms with Crippen molar-refractivity contribution in [1.29, 1.82) is 0 Å². The van der Waals surface area contributed by atoms with Crippen LogP contribution in [-0.2, 0) is 22.4 Å². The summed E-state index contributed by atoms with van der Waals surface area (Å²) in [6.45, 7) is 0. The van der Waals surface area contributed by atoms with Crippen molar-refractivity contribution in [1.82, 2.24) is 4.90 Å². The van der Waals surface area contributed by atoms with Crippen molar-refractivity contribution < 1.29 is 22.4 Å². The molecule has 3 aliphatic heterocycles. The van der Waals surface area contributed by atoms with Crippen LogP contribution in [0.15, 0.2) is 152 Å². The number of ether oxygens (including phenoxy) is 1. The summed E-state index contributed by atoms with van der Waals surface area (Å²) < 4.78 is 8.34. The first-order valence-electron chi connectivity index (χ1n) is 14.1. The summed E-state index contributed by atoms with van der Waals surface area (Å²) in [4.78, 5) is 9.13. The van der Waals surface area contributed by atoms with Gasteiger partial charge in [0.1, 0.15) is 0 Å². The van der Waals surface area contributed by atoms with Gasteiger partial charge in [0, 0.05) is 0 Å². The standard InChI is InChI=1S/C37H28N4O.Pt/c1-38-21-22-39(27-38)31-15-8-17-33(25-31)41(34-18-9-16-32(26-34)40-23-24-42-28-40)37-35(29-11-4-2-5-12-29)19-10-20-36(37)30-13-6-3-7-14-30;/h2-26H,1H3;. The Hall–Kier alpha value is -4.99. The van der Waals surface area contributed by atoms with Gasteiger partial charge in [-0.3, -0.25) is 0 Å². The fourth-order valence-electron chi connectivity index (χ4n) is 5.74. The van der Waals surface area contributed by atoms with Crippen LogP contribution in [0.5, 0.6) is 0 Å². The van der Waals surface area contributed by atoms with Crippen LogP contribution in [0.2, 0.25) is 0 Å². The van der Waals surface area contributed by atoms with Gasteiger partial charge in [-0.1, -0.05) is 0 Å². The number of nitrogens with zero attached hydrogens (tertiary/aromatic N) is 4. The maximum absolute atomic E-state index is 6.13. The van der Waals surface area contributed by atoms with Gasteiger partial charge in [0.05, 0.1) is 0 Å². The zero-order chi connectivity index (χ0) is 28.8. The van der Waals surface area contributed by atoms with E-state index in [0.29, 0.717) is 0 Å². The number of rotatable bonds is 3. The first-order chi connectivity index (χ1) is 21.2. The third-order valence-electron chi connectivity index (χ3n) is 7.73. The van der Waals surface area contributed by atoms with Crippen LogP contribution in [0, 0.1) is 0 Å². The molecule has 4 bridgehead atoms. The molecule has 5 aromatic carbocycles. The van der Waals surface area contributed by atoms with Gasteiger partial charge in [-0.15, -0.1) is 0 Å². The van der Waals surface area contributed by atoms with Gasteiger partial charge in [0.2, 0.25) is 0 Å². The minimum atomic E-state index is -0.635. The van der Waals surface area contributed by atoms with E-state index < -0.39 is 17.6 Å². The van der Waals surface area contributed by atoms with Crippen LogP contribution in [-0.4, -0.2) is 20.3 Å². The fraction of sp³-hybridized carbons (Fsp3) is 0.0270. The Morgan fingerprint density at radius 2 is 1.09 bits per heavy atom. The molecule has 5 nitrogen and oxygen atoms in total. The molecule has 3 aliphatic rings. The van der Waals surface area contributed by atoms with Crippen molar-refractivity contribution in [3.63, 3.8) is 0 Å². The molecule has 6 heteroatoms. The van der Waals surface area contributed by atoms with Crippen LogP contribution in [0.4, 0.5) is 28.4 Å². The topological polar surface area (TPSA) is 22.2 Å². The summed E-state index contributed by atoms with van der Waals surface area (Å²) in [6.07, 6.45) is 8.12. The second-order valence-electron chi connectivity index (χ2n) is 10.4. The fourth-order valence-corrected chi connectivity index (χ4v) is 8.50. The molecule has 0 amide bonds. The molecule has 8 rings (SSSR count). The van der Waals surface area contributed by atoms with Gasteiger partial charge < -0.3 is 0 Å². The zero-order valence-corrected chi connectivity index (χ0v) is 25.7. The van der Waals surface area contributed by atoms with Gasteiger partial charge in [0.25, 0.3) is 0 Å². The van der Waals surface area contributed by atoms with Crippen LogP contribution in [0.1, 0.15) is 0 Å². The van der Waals surface area contributed by atoms with E-state index in [9.17, 15) is 0 Å². The molecule has 0 unspecified atom stereocenters. The Bertz CT molecular complexity index is 1920. The number of hydrogen-bond acceptors (Lipinski definition) is 5. The van der Waals surface area contributed by atoms with E-state index in [-0.39, 0.29) is 0 Å². The van der Waals surface area contributed by atoms with E-state index in [1.807, 2.05) is 6.20 Å². The molecule has 212 valence electrons. The van der Waals surface area contributed by atoms with Crippen LogP contribution in [0.25, 0.3) is 22.3 Å². The normalized spacial score (nSPS) is 15.4. The Labute approximate surface area is 259 Å². The molecule has 3 heterocycles. The second kappa shape index (κ2) is 10.7. The average molecular weight is 740 g/mol. The Kier molecular flexibility index (Phi) is 6.39. The molecular weight excluding hydrogens is 712 g/mol. The first kappa shape index (κ1) is 25.7. The summed E-state index contributed by atoms with van der Waals surface area (Å²) in [5.41, 5.74) is 10.2. The number of hydrogen-bond donors (Lipinski definition) is 0. The van der Waals surface area contributed by atoms with Gasteiger partial charge in [-0.05, 0) is 0 Å². The summed E-state index contributed by atoms with van der Waals surface area (Å²) >= 11 is -0.635. The quantitative estimate of drug-likeness (QED) is 0.185. The Morgan fingerprint density at radius 1 is 0.535 bits per heavy atom.